The van der Waals surface area contributed by atoms with Gasteiger partial charge in [0.2, 0.25) is 0 Å². The Hall–Kier alpha value is -1.16. The van der Waals surface area contributed by atoms with Crippen molar-refractivity contribution < 1.29 is 21.6 Å². The summed E-state index contributed by atoms with van der Waals surface area (Å²) in [6.45, 7) is 1.02. The minimum absolute atomic E-state index is 0.0483. The molecule has 1 aliphatic carbocycles. The lowest BCUT2D eigenvalue weighted by molar-refractivity contribution is -0.184. The van der Waals surface area contributed by atoms with Crippen LogP contribution in [0.2, 0.25) is 0 Å². The molecule has 0 spiro atoms. The average Bonchev–Trinajstić information content (AvgIpc) is 3.11. The lowest BCUT2D eigenvalue weighted by Crippen LogP contribution is -2.29. The quantitative estimate of drug-likeness (QED) is 0.845. The first kappa shape index (κ1) is 18.6. The van der Waals surface area contributed by atoms with Gasteiger partial charge >= 0.3 is 6.18 Å². The van der Waals surface area contributed by atoms with Gasteiger partial charge < -0.3 is 5.32 Å². The van der Waals surface area contributed by atoms with Crippen LogP contribution in [0.4, 0.5) is 13.2 Å². The van der Waals surface area contributed by atoms with E-state index in [9.17, 15) is 21.6 Å². The smallest absolute Gasteiger partial charge is 0.307 e. The van der Waals surface area contributed by atoms with Gasteiger partial charge in [-0.05, 0) is 38.0 Å². The minimum Gasteiger partial charge on any atom is -0.307 e. The Morgan fingerprint density at radius 1 is 1.20 bits per heavy atom. The predicted octanol–water partition coefficient (Wildman–Crippen LogP) is 1.92. The SMILES string of the molecule is O=S1(=O)CCC(NCc2cn(CC3CCC(C(F)(F)F)CC3)nn2)C1. The molecule has 1 N–H and O–H groups in total. The van der Waals surface area contributed by atoms with E-state index >= 15 is 0 Å². The van der Waals surface area contributed by atoms with Crippen molar-refractivity contribution in [3.05, 3.63) is 11.9 Å². The van der Waals surface area contributed by atoms with E-state index < -0.39 is 21.9 Å². The van der Waals surface area contributed by atoms with Crippen molar-refractivity contribution in [3.63, 3.8) is 0 Å². The summed E-state index contributed by atoms with van der Waals surface area (Å²) in [5.74, 6) is -0.593. The number of nitrogens with zero attached hydrogens (tertiary/aromatic N) is 3. The van der Waals surface area contributed by atoms with Crippen LogP contribution in [-0.2, 0) is 22.9 Å². The Labute approximate surface area is 145 Å². The fourth-order valence-electron chi connectivity index (χ4n) is 3.65. The molecule has 1 atom stereocenters. The first-order valence-corrected chi connectivity index (χ1v) is 10.4. The Balaban J connectivity index is 1.43. The molecule has 25 heavy (non-hydrogen) atoms. The fourth-order valence-corrected chi connectivity index (χ4v) is 5.36. The summed E-state index contributed by atoms with van der Waals surface area (Å²) in [6.07, 6.45) is -0.202. The molecule has 2 heterocycles. The predicted molar refractivity (Wildman–Crippen MR) is 85.4 cm³/mol. The molecule has 1 unspecified atom stereocenters. The van der Waals surface area contributed by atoms with Crippen molar-refractivity contribution in [2.45, 2.75) is 57.4 Å². The van der Waals surface area contributed by atoms with Crippen LogP contribution in [0.15, 0.2) is 6.20 Å². The van der Waals surface area contributed by atoms with Gasteiger partial charge in [0.05, 0.1) is 23.1 Å². The van der Waals surface area contributed by atoms with E-state index in [-0.39, 0.29) is 36.3 Å². The Morgan fingerprint density at radius 3 is 2.52 bits per heavy atom. The summed E-state index contributed by atoms with van der Waals surface area (Å²) in [6, 6.07) is -0.0483. The number of aromatic nitrogens is 3. The van der Waals surface area contributed by atoms with Crippen LogP contribution >= 0.6 is 0 Å². The third-order valence-corrected chi connectivity index (χ3v) is 6.91. The summed E-state index contributed by atoms with van der Waals surface area (Å²) >= 11 is 0. The molecule has 1 aliphatic heterocycles. The number of hydrogen-bond acceptors (Lipinski definition) is 5. The minimum atomic E-state index is -4.08. The van der Waals surface area contributed by atoms with E-state index in [2.05, 4.69) is 15.6 Å². The van der Waals surface area contributed by atoms with Crippen LogP contribution in [0.1, 0.15) is 37.8 Å². The van der Waals surface area contributed by atoms with Crippen molar-refractivity contribution in [1.82, 2.24) is 20.3 Å². The zero-order valence-corrected chi connectivity index (χ0v) is 14.7. The van der Waals surface area contributed by atoms with Crippen LogP contribution in [0, 0.1) is 11.8 Å². The van der Waals surface area contributed by atoms with E-state index in [0.29, 0.717) is 38.0 Å². The molecule has 142 valence electrons. The molecular formula is C15H23F3N4O2S. The van der Waals surface area contributed by atoms with Crippen molar-refractivity contribution in [2.75, 3.05) is 11.5 Å². The maximum absolute atomic E-state index is 12.7. The molecule has 2 fully saturated rings. The Kier molecular flexibility index (Phi) is 5.38. The van der Waals surface area contributed by atoms with E-state index in [1.165, 1.54) is 0 Å². The number of nitrogens with one attached hydrogen (secondary N) is 1. The summed E-state index contributed by atoms with van der Waals surface area (Å²) < 4.78 is 62.6. The van der Waals surface area contributed by atoms with Gasteiger partial charge in [0.15, 0.2) is 9.84 Å². The molecule has 3 rings (SSSR count). The highest BCUT2D eigenvalue weighted by molar-refractivity contribution is 7.91. The molecule has 1 aromatic heterocycles. The average molecular weight is 380 g/mol. The van der Waals surface area contributed by atoms with E-state index in [1.807, 2.05) is 0 Å². The van der Waals surface area contributed by atoms with Gasteiger partial charge in [-0.1, -0.05) is 5.21 Å². The van der Waals surface area contributed by atoms with E-state index in [1.54, 1.807) is 10.9 Å². The van der Waals surface area contributed by atoms with E-state index in [0.717, 1.165) is 0 Å². The first-order chi connectivity index (χ1) is 11.7. The second kappa shape index (κ2) is 7.22. The number of alkyl halides is 3. The zero-order valence-electron chi connectivity index (χ0n) is 13.9. The van der Waals surface area contributed by atoms with Crippen LogP contribution < -0.4 is 5.32 Å². The fraction of sp³-hybridized carbons (Fsp3) is 0.867. The maximum Gasteiger partial charge on any atom is 0.391 e. The molecule has 2 aliphatic rings. The topological polar surface area (TPSA) is 76.9 Å². The van der Waals surface area contributed by atoms with Crippen LogP contribution in [0.5, 0.6) is 0 Å². The summed E-state index contributed by atoms with van der Waals surface area (Å²) in [5, 5.41) is 11.3. The Bertz CT molecular complexity index is 681. The molecule has 0 amide bonds. The highest BCUT2D eigenvalue weighted by Gasteiger charge is 2.41. The standard InChI is InChI=1S/C15H23F3N4O2S/c16-15(17,18)12-3-1-11(2-4-12)8-22-9-14(20-21-22)7-19-13-5-6-25(23,24)10-13/h9,11-13,19H,1-8,10H2. The number of halogens is 3. The van der Waals surface area contributed by atoms with Crippen LogP contribution in [-0.4, -0.2) is 47.1 Å². The van der Waals surface area contributed by atoms with Crippen molar-refractivity contribution in [3.8, 4) is 0 Å². The second-order valence-corrected chi connectivity index (χ2v) is 9.40. The van der Waals surface area contributed by atoms with Gasteiger partial charge in [0.1, 0.15) is 0 Å². The molecule has 0 radical (unpaired) electrons. The summed E-state index contributed by atoms with van der Waals surface area (Å²) in [7, 11) is -2.91. The number of sulfone groups is 1. The van der Waals surface area contributed by atoms with Gasteiger partial charge in [-0.3, -0.25) is 4.68 Å². The lowest BCUT2D eigenvalue weighted by atomic mass is 9.81. The summed E-state index contributed by atoms with van der Waals surface area (Å²) in [4.78, 5) is 0. The molecule has 6 nitrogen and oxygen atoms in total. The largest absolute Gasteiger partial charge is 0.391 e. The van der Waals surface area contributed by atoms with Gasteiger partial charge in [-0.2, -0.15) is 13.2 Å². The second-order valence-electron chi connectivity index (χ2n) is 7.17. The lowest BCUT2D eigenvalue weighted by Gasteiger charge is -2.29. The van der Waals surface area contributed by atoms with Crippen molar-refractivity contribution in [2.24, 2.45) is 11.8 Å². The van der Waals surface area contributed by atoms with Gasteiger partial charge in [-0.25, -0.2) is 8.42 Å². The molecule has 1 saturated heterocycles. The molecule has 0 aromatic carbocycles. The van der Waals surface area contributed by atoms with Gasteiger partial charge in [-0.15, -0.1) is 5.10 Å². The molecular weight excluding hydrogens is 357 g/mol. The normalized spacial score (nSPS) is 29.8. The Morgan fingerprint density at radius 2 is 1.92 bits per heavy atom. The van der Waals surface area contributed by atoms with Gasteiger partial charge in [0.25, 0.3) is 0 Å². The first-order valence-electron chi connectivity index (χ1n) is 8.61. The molecule has 0 bridgehead atoms. The summed E-state index contributed by atoms with van der Waals surface area (Å²) in [5.41, 5.74) is 0.716. The zero-order chi connectivity index (χ0) is 18.1. The molecule has 1 saturated carbocycles. The van der Waals surface area contributed by atoms with Gasteiger partial charge in [0, 0.05) is 25.3 Å². The third kappa shape index (κ3) is 5.16. The van der Waals surface area contributed by atoms with Crippen molar-refractivity contribution in [1.29, 1.82) is 0 Å². The van der Waals surface area contributed by atoms with E-state index in [4.69, 9.17) is 0 Å². The van der Waals surface area contributed by atoms with Crippen LogP contribution in [0.3, 0.4) is 0 Å². The van der Waals surface area contributed by atoms with Crippen molar-refractivity contribution >= 4 is 9.84 Å². The monoisotopic (exact) mass is 380 g/mol. The molecule has 1 aromatic rings. The maximum atomic E-state index is 12.7. The highest BCUT2D eigenvalue weighted by atomic mass is 32.2. The number of rotatable bonds is 5. The molecule has 10 heteroatoms. The van der Waals surface area contributed by atoms with Crippen LogP contribution in [0.25, 0.3) is 0 Å². The number of hydrogen-bond donors (Lipinski definition) is 1. The third-order valence-electron chi connectivity index (χ3n) is 5.15. The highest BCUT2D eigenvalue weighted by Crippen LogP contribution is 2.39.